The first-order valence-electron chi connectivity index (χ1n) is 6.69. The standard InChI is InChI=1S/C16H14N2O2/c17-9-10-1-3-11(4-2-10)16-13-8-15(20)14(19)7-12(13)5-6-18-16/h1-4,16,18H,5-8H2. The topological polar surface area (TPSA) is 70.0 Å². The molecule has 0 spiro atoms. The molecule has 1 aliphatic carbocycles. The van der Waals surface area contributed by atoms with Gasteiger partial charge in [-0.25, -0.2) is 0 Å². The summed E-state index contributed by atoms with van der Waals surface area (Å²) in [7, 11) is 0. The maximum Gasteiger partial charge on any atom is 0.202 e. The number of benzene rings is 1. The average molecular weight is 266 g/mol. The lowest BCUT2D eigenvalue weighted by Crippen LogP contribution is -2.35. The van der Waals surface area contributed by atoms with E-state index in [0.717, 1.165) is 29.7 Å². The Hall–Kier alpha value is -2.25. The minimum atomic E-state index is -0.286. The van der Waals surface area contributed by atoms with Crippen molar-refractivity contribution in [1.82, 2.24) is 5.32 Å². The second-order valence-corrected chi connectivity index (χ2v) is 5.20. The summed E-state index contributed by atoms with van der Waals surface area (Å²) in [6, 6.07) is 9.46. The molecule has 1 unspecified atom stereocenters. The summed E-state index contributed by atoms with van der Waals surface area (Å²) in [5, 5.41) is 12.2. The minimum absolute atomic E-state index is 0.0106. The Bertz CT molecular complexity index is 650. The molecule has 4 nitrogen and oxygen atoms in total. The monoisotopic (exact) mass is 266 g/mol. The second-order valence-electron chi connectivity index (χ2n) is 5.20. The van der Waals surface area contributed by atoms with Crippen LogP contribution in [0.1, 0.15) is 36.4 Å². The Labute approximate surface area is 117 Å². The molecule has 0 fully saturated rings. The zero-order chi connectivity index (χ0) is 14.1. The number of Topliss-reactive ketones (excluding diaryl/α,β-unsaturated/α-hetero) is 2. The Kier molecular flexibility index (Phi) is 3.21. The van der Waals surface area contributed by atoms with E-state index >= 15 is 0 Å². The van der Waals surface area contributed by atoms with Gasteiger partial charge >= 0.3 is 0 Å². The van der Waals surface area contributed by atoms with E-state index < -0.39 is 0 Å². The third-order valence-electron chi connectivity index (χ3n) is 3.99. The summed E-state index contributed by atoms with van der Waals surface area (Å²) < 4.78 is 0. The van der Waals surface area contributed by atoms with Crippen LogP contribution in [0.15, 0.2) is 35.4 Å². The number of nitrogens with zero attached hydrogens (tertiary/aromatic N) is 1. The first kappa shape index (κ1) is 12.8. The van der Waals surface area contributed by atoms with E-state index in [4.69, 9.17) is 5.26 Å². The normalized spacial score (nSPS) is 22.4. The Morgan fingerprint density at radius 3 is 2.50 bits per heavy atom. The van der Waals surface area contributed by atoms with Crippen LogP contribution >= 0.6 is 0 Å². The van der Waals surface area contributed by atoms with Gasteiger partial charge in [-0.15, -0.1) is 0 Å². The molecule has 1 N–H and O–H groups in total. The van der Waals surface area contributed by atoms with Gasteiger partial charge in [0.2, 0.25) is 11.6 Å². The van der Waals surface area contributed by atoms with Crippen LogP contribution in [-0.2, 0) is 9.59 Å². The third-order valence-corrected chi connectivity index (χ3v) is 3.99. The molecule has 0 aromatic heterocycles. The molecule has 100 valence electrons. The minimum Gasteiger partial charge on any atom is -0.306 e. The molecule has 0 bridgehead atoms. The summed E-state index contributed by atoms with van der Waals surface area (Å²) in [6.45, 7) is 0.810. The van der Waals surface area contributed by atoms with Crippen LogP contribution in [-0.4, -0.2) is 18.1 Å². The first-order valence-corrected chi connectivity index (χ1v) is 6.69. The smallest absolute Gasteiger partial charge is 0.202 e. The highest BCUT2D eigenvalue weighted by Crippen LogP contribution is 2.36. The summed E-state index contributed by atoms with van der Waals surface area (Å²) in [5.74, 6) is -0.546. The van der Waals surface area contributed by atoms with E-state index in [-0.39, 0.29) is 30.4 Å². The summed E-state index contributed by atoms with van der Waals surface area (Å²) in [6.07, 6.45) is 1.34. The predicted molar refractivity (Wildman–Crippen MR) is 72.8 cm³/mol. The SMILES string of the molecule is N#Cc1ccc(C2NCCC3=C2CC(=O)C(=O)C3)cc1. The van der Waals surface area contributed by atoms with Crippen LogP contribution in [0.2, 0.25) is 0 Å². The van der Waals surface area contributed by atoms with Crippen molar-refractivity contribution in [2.75, 3.05) is 6.54 Å². The van der Waals surface area contributed by atoms with Crippen LogP contribution < -0.4 is 5.32 Å². The lowest BCUT2D eigenvalue weighted by atomic mass is 9.80. The maximum absolute atomic E-state index is 11.7. The van der Waals surface area contributed by atoms with Gasteiger partial charge < -0.3 is 5.32 Å². The zero-order valence-corrected chi connectivity index (χ0v) is 11.0. The molecular weight excluding hydrogens is 252 g/mol. The van der Waals surface area contributed by atoms with Crippen molar-refractivity contribution >= 4 is 11.6 Å². The van der Waals surface area contributed by atoms with Crippen molar-refractivity contribution in [2.45, 2.75) is 25.3 Å². The summed E-state index contributed by atoms with van der Waals surface area (Å²) in [4.78, 5) is 23.2. The molecule has 0 amide bonds. The predicted octanol–water partition coefficient (Wildman–Crippen LogP) is 1.82. The molecule has 2 aliphatic rings. The van der Waals surface area contributed by atoms with E-state index in [9.17, 15) is 9.59 Å². The number of hydrogen-bond acceptors (Lipinski definition) is 4. The molecule has 1 aromatic carbocycles. The maximum atomic E-state index is 11.7. The fraction of sp³-hybridized carbons (Fsp3) is 0.312. The second kappa shape index (κ2) is 5.03. The number of carbonyl (C=O) groups excluding carboxylic acids is 2. The van der Waals surface area contributed by atoms with Crippen molar-refractivity contribution in [3.63, 3.8) is 0 Å². The summed E-state index contributed by atoms with van der Waals surface area (Å²) >= 11 is 0. The number of nitriles is 1. The van der Waals surface area contributed by atoms with E-state index in [0.29, 0.717) is 5.56 Å². The highest BCUT2D eigenvalue weighted by Gasteiger charge is 2.32. The fourth-order valence-electron chi connectivity index (χ4n) is 2.92. The highest BCUT2D eigenvalue weighted by molar-refractivity contribution is 6.39. The fourth-order valence-corrected chi connectivity index (χ4v) is 2.92. The quantitative estimate of drug-likeness (QED) is 0.622. The molecule has 0 saturated heterocycles. The van der Waals surface area contributed by atoms with Gasteiger partial charge in [0, 0.05) is 12.8 Å². The zero-order valence-electron chi connectivity index (χ0n) is 11.0. The highest BCUT2D eigenvalue weighted by atomic mass is 16.2. The van der Waals surface area contributed by atoms with Crippen molar-refractivity contribution < 1.29 is 9.59 Å². The van der Waals surface area contributed by atoms with Gasteiger partial charge in [-0.3, -0.25) is 9.59 Å². The molecular formula is C16H14N2O2. The van der Waals surface area contributed by atoms with Crippen LogP contribution in [0.25, 0.3) is 0 Å². The number of ketones is 2. The van der Waals surface area contributed by atoms with Crippen LogP contribution in [0.3, 0.4) is 0 Å². The molecule has 1 aromatic rings. The van der Waals surface area contributed by atoms with Crippen LogP contribution in [0.4, 0.5) is 0 Å². The number of carbonyl (C=O) groups is 2. The molecule has 20 heavy (non-hydrogen) atoms. The average Bonchev–Trinajstić information content (AvgIpc) is 2.48. The van der Waals surface area contributed by atoms with Gasteiger partial charge in [0.05, 0.1) is 17.7 Å². The van der Waals surface area contributed by atoms with E-state index in [1.54, 1.807) is 12.1 Å². The third kappa shape index (κ3) is 2.17. The molecule has 1 aliphatic heterocycles. The van der Waals surface area contributed by atoms with E-state index in [2.05, 4.69) is 11.4 Å². The van der Waals surface area contributed by atoms with E-state index in [1.807, 2.05) is 12.1 Å². The number of rotatable bonds is 1. The summed E-state index contributed by atoms with van der Waals surface area (Å²) in [5.41, 5.74) is 3.82. The largest absolute Gasteiger partial charge is 0.306 e. The Balaban J connectivity index is 1.96. The Morgan fingerprint density at radius 1 is 1.10 bits per heavy atom. The molecule has 0 saturated carbocycles. The Morgan fingerprint density at radius 2 is 1.80 bits per heavy atom. The van der Waals surface area contributed by atoms with Gasteiger partial charge in [-0.2, -0.15) is 5.26 Å². The lowest BCUT2D eigenvalue weighted by Gasteiger charge is -2.32. The van der Waals surface area contributed by atoms with Crippen LogP contribution in [0, 0.1) is 11.3 Å². The number of hydrogen-bond donors (Lipinski definition) is 1. The first-order chi connectivity index (χ1) is 9.69. The van der Waals surface area contributed by atoms with E-state index in [1.165, 1.54) is 0 Å². The van der Waals surface area contributed by atoms with Gasteiger partial charge in [-0.1, -0.05) is 17.7 Å². The molecule has 4 heteroatoms. The molecule has 3 rings (SSSR count). The van der Waals surface area contributed by atoms with Crippen LogP contribution in [0.5, 0.6) is 0 Å². The molecule has 1 atom stereocenters. The van der Waals surface area contributed by atoms with Crippen molar-refractivity contribution in [3.8, 4) is 6.07 Å². The van der Waals surface area contributed by atoms with Crippen molar-refractivity contribution in [1.29, 1.82) is 5.26 Å². The van der Waals surface area contributed by atoms with Gasteiger partial charge in [0.15, 0.2) is 0 Å². The lowest BCUT2D eigenvalue weighted by molar-refractivity contribution is -0.136. The van der Waals surface area contributed by atoms with Crippen molar-refractivity contribution in [2.24, 2.45) is 0 Å². The van der Waals surface area contributed by atoms with Gasteiger partial charge in [0.1, 0.15) is 0 Å². The molecule has 0 radical (unpaired) electrons. The van der Waals surface area contributed by atoms with Gasteiger partial charge in [0.25, 0.3) is 0 Å². The molecule has 1 heterocycles. The van der Waals surface area contributed by atoms with Crippen molar-refractivity contribution in [3.05, 3.63) is 46.5 Å². The number of nitrogens with one attached hydrogen (secondary N) is 1. The van der Waals surface area contributed by atoms with Gasteiger partial charge in [-0.05, 0) is 36.2 Å².